The lowest BCUT2D eigenvalue weighted by atomic mass is 9.80. The molecule has 0 N–H and O–H groups in total. The fraction of sp³-hybridized carbons (Fsp3) is 0.0667. The van der Waals surface area contributed by atoms with Crippen LogP contribution in [0, 0.1) is 13.8 Å². The largest absolute Gasteiger partial charge is 0.497 e. The van der Waals surface area contributed by atoms with Gasteiger partial charge in [0.25, 0.3) is 23.6 Å². The third kappa shape index (κ3) is 4.36. The van der Waals surface area contributed by atoms with Gasteiger partial charge in [0.1, 0.15) is 11.5 Å². The van der Waals surface area contributed by atoms with Crippen LogP contribution >= 0.6 is 0 Å². The first-order valence-corrected chi connectivity index (χ1v) is 22.6. The first kappa shape index (κ1) is 37.4. The molecule has 8 heteroatoms. The van der Waals surface area contributed by atoms with Gasteiger partial charge < -0.3 is 9.47 Å². The summed E-state index contributed by atoms with van der Waals surface area (Å²) in [5, 5.41) is 20.6. The van der Waals surface area contributed by atoms with Crippen LogP contribution < -0.4 is 19.3 Å². The zero-order valence-electron chi connectivity index (χ0n) is 37.0. The number of nitrogens with zero attached hydrogens (tertiary/aromatic N) is 2. The Hall–Kier alpha value is -8.88. The van der Waals surface area contributed by atoms with Crippen LogP contribution in [-0.4, -0.2) is 37.8 Å². The maximum absolute atomic E-state index is 14.4. The molecule has 0 atom stereocenters. The molecule has 2 aliphatic rings. The first-order valence-electron chi connectivity index (χ1n) is 22.6. The lowest BCUT2D eigenvalue weighted by molar-refractivity contribution is 0.0877. The van der Waals surface area contributed by atoms with Gasteiger partial charge in [-0.3, -0.25) is 19.2 Å². The summed E-state index contributed by atoms with van der Waals surface area (Å²) in [6, 6.07) is 44.4. The zero-order valence-corrected chi connectivity index (χ0v) is 37.0. The van der Waals surface area contributed by atoms with Gasteiger partial charge in [0.15, 0.2) is 0 Å². The maximum atomic E-state index is 14.4. The molecule has 0 aliphatic carbocycles. The molecule has 0 spiro atoms. The molecular weight excluding hydrogens is 845 g/mol. The minimum Gasteiger partial charge on any atom is -0.497 e. The number of carbonyl (C=O) groups excluding carboxylic acids is 4. The lowest BCUT2D eigenvalue weighted by Crippen LogP contribution is -2.40. The number of imide groups is 2. The number of hydrogen-bond donors (Lipinski definition) is 0. The Balaban J connectivity index is 0.955. The summed E-state index contributed by atoms with van der Waals surface area (Å²) < 4.78 is 11.0. The summed E-state index contributed by atoms with van der Waals surface area (Å²) in [6.07, 6.45) is 0. The van der Waals surface area contributed by atoms with Crippen molar-refractivity contribution in [2.75, 3.05) is 24.0 Å². The Bertz CT molecular complexity index is 4080. The highest BCUT2D eigenvalue weighted by molar-refractivity contribution is 6.49. The van der Waals surface area contributed by atoms with Gasteiger partial charge in [-0.15, -0.1) is 0 Å². The van der Waals surface area contributed by atoms with E-state index in [0.717, 1.165) is 97.3 Å². The third-order valence-electron chi connectivity index (χ3n) is 15.2. The molecule has 13 aromatic carbocycles. The molecule has 0 fully saturated rings. The number of hydrogen-bond acceptors (Lipinski definition) is 6. The van der Waals surface area contributed by atoms with Crippen LogP contribution in [0.5, 0.6) is 11.5 Å². The number of carbonyl (C=O) groups is 4. The highest BCUT2D eigenvalue weighted by Gasteiger charge is 2.38. The molecule has 320 valence electrons. The van der Waals surface area contributed by atoms with E-state index in [0.29, 0.717) is 55.9 Å². The van der Waals surface area contributed by atoms with Crippen molar-refractivity contribution in [1.82, 2.24) is 0 Å². The Morgan fingerprint density at radius 1 is 0.294 bits per heavy atom. The number of amides is 4. The molecule has 0 saturated heterocycles. The molecule has 8 nitrogen and oxygen atoms in total. The highest BCUT2D eigenvalue weighted by Crippen LogP contribution is 2.52. The summed E-state index contributed by atoms with van der Waals surface area (Å²) in [5.74, 6) is -0.281. The van der Waals surface area contributed by atoms with Gasteiger partial charge in [-0.1, -0.05) is 72.8 Å². The monoisotopic (exact) mass is 878 g/mol. The van der Waals surface area contributed by atoms with Gasteiger partial charge >= 0.3 is 0 Å². The second-order valence-electron chi connectivity index (χ2n) is 18.6. The fourth-order valence-corrected chi connectivity index (χ4v) is 12.5. The number of ether oxygens (including phenoxy) is 2. The van der Waals surface area contributed by atoms with E-state index in [1.54, 1.807) is 26.4 Å². The van der Waals surface area contributed by atoms with Crippen molar-refractivity contribution in [2.24, 2.45) is 0 Å². The standard InChI is InChI=1S/C60H34N2O6/c1-27-21-29(25-31(23-27)67-3)61-57(63)45-17-13-41-37-9-5-33-35-7-11-39-43-15-19-47-56-48(60(66)62(59(47)65)30-22-28(2)24-32(26-30)68-4)20-16-44(54(43)56)40-12-8-36(50(35)52(39)40)34-6-10-38(51(37)49(33)34)42-14-18-46(58(61)64)55(45)53(41)42/h5-26H,1-4H3. The van der Waals surface area contributed by atoms with E-state index < -0.39 is 0 Å². The van der Waals surface area contributed by atoms with Crippen molar-refractivity contribution in [1.29, 1.82) is 0 Å². The van der Waals surface area contributed by atoms with Crippen LogP contribution in [0.25, 0.3) is 108 Å². The SMILES string of the molecule is COc1cc(C)cc(N2C(=O)c3ccc4c5ccc6c7ccc8c9ccc%10c%11c(ccc(c%12ccc(c%13ccc(c%14ccc(c3c4%14)C2=O)c5c6%13)c7c8%12)c%119)C(=O)N(c2cc(C)cc(OC)c2)C%10=O)c1. The molecule has 0 unspecified atom stereocenters. The van der Waals surface area contributed by atoms with Gasteiger partial charge in [-0.2, -0.15) is 0 Å². The predicted octanol–water partition coefficient (Wildman–Crippen LogP) is 13.8. The molecule has 2 aliphatic heterocycles. The highest BCUT2D eigenvalue weighted by atomic mass is 16.5. The summed E-state index contributed by atoms with van der Waals surface area (Å²) in [4.78, 5) is 60.2. The van der Waals surface area contributed by atoms with Crippen LogP contribution in [0.2, 0.25) is 0 Å². The Morgan fingerprint density at radius 3 is 0.750 bits per heavy atom. The van der Waals surface area contributed by atoms with Crippen LogP contribution in [0.3, 0.4) is 0 Å². The summed E-state index contributed by atoms with van der Waals surface area (Å²) in [5.41, 5.74) is 4.70. The smallest absolute Gasteiger partial charge is 0.265 e. The van der Waals surface area contributed by atoms with E-state index in [1.807, 2.05) is 62.4 Å². The van der Waals surface area contributed by atoms with Crippen LogP contribution in [0.4, 0.5) is 11.4 Å². The summed E-state index contributed by atoms with van der Waals surface area (Å²) in [6.45, 7) is 3.84. The number of anilines is 2. The van der Waals surface area contributed by atoms with Gasteiger partial charge in [-0.25, -0.2) is 9.80 Å². The van der Waals surface area contributed by atoms with Crippen LogP contribution in [0.15, 0.2) is 133 Å². The predicted molar refractivity (Wildman–Crippen MR) is 273 cm³/mol. The second kappa shape index (κ2) is 12.5. The van der Waals surface area contributed by atoms with Gasteiger partial charge in [0, 0.05) is 45.2 Å². The number of methoxy groups -OCH3 is 2. The number of aryl methyl sites for hydroxylation is 2. The fourth-order valence-electron chi connectivity index (χ4n) is 12.5. The second-order valence-corrected chi connectivity index (χ2v) is 18.6. The summed E-state index contributed by atoms with van der Waals surface area (Å²) in [7, 11) is 3.15. The summed E-state index contributed by atoms with van der Waals surface area (Å²) >= 11 is 0. The van der Waals surface area contributed by atoms with E-state index in [9.17, 15) is 19.2 Å². The molecule has 13 aromatic rings. The van der Waals surface area contributed by atoms with Crippen LogP contribution in [-0.2, 0) is 0 Å². The van der Waals surface area contributed by atoms with Crippen molar-refractivity contribution in [2.45, 2.75) is 13.8 Å². The third-order valence-corrected chi connectivity index (χ3v) is 15.2. The van der Waals surface area contributed by atoms with E-state index in [2.05, 4.69) is 72.8 Å². The minimum absolute atomic E-state index is 0.359. The number of fused-ring (bicyclic) bond motifs is 6. The zero-order chi connectivity index (χ0) is 45.8. The number of benzene rings is 13. The molecule has 15 rings (SSSR count). The lowest BCUT2D eigenvalue weighted by Gasteiger charge is -2.29. The van der Waals surface area contributed by atoms with Crippen molar-refractivity contribution in [3.63, 3.8) is 0 Å². The van der Waals surface area contributed by atoms with E-state index in [1.165, 1.54) is 20.6 Å². The van der Waals surface area contributed by atoms with Gasteiger partial charge in [-0.05, 0) is 170 Å². The first-order chi connectivity index (χ1) is 33.1. The Kier molecular flexibility index (Phi) is 6.87. The Morgan fingerprint density at radius 2 is 0.515 bits per heavy atom. The van der Waals surface area contributed by atoms with Crippen molar-refractivity contribution < 1.29 is 28.7 Å². The molecule has 2 heterocycles. The maximum Gasteiger partial charge on any atom is 0.265 e. The molecular formula is C60H34N2O6. The van der Waals surface area contributed by atoms with Crippen molar-refractivity contribution >= 4 is 143 Å². The Labute approximate surface area is 386 Å². The van der Waals surface area contributed by atoms with Crippen molar-refractivity contribution in [3.8, 4) is 11.5 Å². The van der Waals surface area contributed by atoms with E-state index >= 15 is 0 Å². The van der Waals surface area contributed by atoms with Gasteiger partial charge in [0.2, 0.25) is 0 Å². The topological polar surface area (TPSA) is 93.2 Å². The molecule has 0 radical (unpaired) electrons. The quantitative estimate of drug-likeness (QED) is 0.0993. The minimum atomic E-state index is -0.359. The average Bonchev–Trinajstić information content (AvgIpc) is 3.35. The normalized spacial score (nSPS) is 14.2. The molecule has 0 bridgehead atoms. The average molecular weight is 879 g/mol. The molecule has 0 aromatic heterocycles. The molecule has 0 saturated carbocycles. The van der Waals surface area contributed by atoms with Gasteiger partial charge in [0.05, 0.1) is 25.6 Å². The van der Waals surface area contributed by atoms with Crippen LogP contribution in [0.1, 0.15) is 52.6 Å². The van der Waals surface area contributed by atoms with Crippen molar-refractivity contribution in [3.05, 3.63) is 167 Å². The number of rotatable bonds is 4. The van der Waals surface area contributed by atoms with E-state index in [4.69, 9.17) is 9.47 Å². The molecule has 68 heavy (non-hydrogen) atoms. The van der Waals surface area contributed by atoms with E-state index in [-0.39, 0.29) is 23.6 Å². The molecule has 4 amide bonds.